The minimum atomic E-state index is 0.611. The molecule has 0 nitrogen and oxygen atoms in total. The van der Waals surface area contributed by atoms with Crippen molar-refractivity contribution in [1.29, 1.82) is 0 Å². The average Bonchev–Trinajstić information content (AvgIpc) is 2.53. The van der Waals surface area contributed by atoms with Gasteiger partial charge in [0.15, 0.2) is 0 Å². The van der Waals surface area contributed by atoms with E-state index in [9.17, 15) is 0 Å². The molecule has 0 spiro atoms. The summed E-state index contributed by atoms with van der Waals surface area (Å²) in [6, 6.07) is 0. The normalized spacial score (nSPS) is 55.9. The third-order valence-corrected chi connectivity index (χ3v) is 10.4. The first-order chi connectivity index (χ1) is 12.0. The Hall–Kier alpha value is 0. The Morgan fingerprint density at radius 1 is 0.480 bits per heavy atom. The van der Waals surface area contributed by atoms with Crippen molar-refractivity contribution in [2.45, 2.75) is 90.9 Å². The molecule has 0 aromatic heterocycles. The van der Waals surface area contributed by atoms with Gasteiger partial charge >= 0.3 is 0 Å². The Labute approximate surface area is 155 Å². The van der Waals surface area contributed by atoms with E-state index in [1.807, 2.05) is 0 Å². The van der Waals surface area contributed by atoms with Crippen LogP contribution in [0.15, 0.2) is 0 Å². The summed E-state index contributed by atoms with van der Waals surface area (Å²) in [5.74, 6) is 11.3. The van der Waals surface area contributed by atoms with Crippen LogP contribution in [0.2, 0.25) is 0 Å². The molecule has 0 saturated heterocycles. The first-order valence-electron chi connectivity index (χ1n) is 12.0. The van der Waals surface area contributed by atoms with Crippen LogP contribution in [0.25, 0.3) is 0 Å². The molecule has 8 aliphatic rings. The summed E-state index contributed by atoms with van der Waals surface area (Å²) in [5.41, 5.74) is 0.611. The first-order valence-corrected chi connectivity index (χ1v) is 12.0. The standard InChI is InChI=1S/C25H40/c1-25(2,13-23-19-5-15-3-16(7-19)8-20(23)6-15)14-24-21-9-17-4-18(11-21)12-22(24)10-17/h15-24H,3-14H2,1-2H3. The predicted octanol–water partition coefficient (Wildman–Crippen LogP) is 6.94. The maximum Gasteiger partial charge on any atom is -0.0349 e. The lowest BCUT2D eigenvalue weighted by Crippen LogP contribution is -2.48. The molecule has 25 heavy (non-hydrogen) atoms. The molecule has 0 heterocycles. The topological polar surface area (TPSA) is 0 Å². The number of hydrogen-bond donors (Lipinski definition) is 0. The molecular weight excluding hydrogens is 300 g/mol. The van der Waals surface area contributed by atoms with Gasteiger partial charge in [0, 0.05) is 0 Å². The van der Waals surface area contributed by atoms with Gasteiger partial charge in [0.05, 0.1) is 0 Å². The van der Waals surface area contributed by atoms with Crippen molar-refractivity contribution in [2.24, 2.45) is 64.6 Å². The van der Waals surface area contributed by atoms with Gasteiger partial charge in [-0.1, -0.05) is 13.8 Å². The van der Waals surface area contributed by atoms with E-state index in [-0.39, 0.29) is 0 Å². The molecule has 0 aromatic carbocycles. The molecule has 0 atom stereocenters. The SMILES string of the molecule is CC(C)(CC1C2CC3CC(C2)CC1C3)CC1C2CC3CC(C2)CC1C3. The molecule has 8 rings (SSSR count). The van der Waals surface area contributed by atoms with Gasteiger partial charge in [0.2, 0.25) is 0 Å². The molecular formula is C25H40. The van der Waals surface area contributed by atoms with Crippen LogP contribution >= 0.6 is 0 Å². The molecule has 8 bridgehead atoms. The molecule has 0 unspecified atom stereocenters. The van der Waals surface area contributed by atoms with Crippen LogP contribution in [-0.4, -0.2) is 0 Å². The van der Waals surface area contributed by atoms with E-state index in [1.54, 1.807) is 77.0 Å². The van der Waals surface area contributed by atoms with Crippen molar-refractivity contribution >= 4 is 0 Å². The van der Waals surface area contributed by atoms with Crippen LogP contribution in [0.4, 0.5) is 0 Å². The molecule has 8 aliphatic carbocycles. The smallest absolute Gasteiger partial charge is 0.0349 e. The maximum absolute atomic E-state index is 2.67. The zero-order valence-corrected chi connectivity index (χ0v) is 16.8. The monoisotopic (exact) mass is 340 g/mol. The van der Waals surface area contributed by atoms with Crippen LogP contribution in [-0.2, 0) is 0 Å². The third kappa shape index (κ3) is 2.67. The summed E-state index contributed by atoms with van der Waals surface area (Å²) in [5, 5.41) is 0. The molecule has 0 amide bonds. The average molecular weight is 341 g/mol. The maximum atomic E-state index is 2.67. The highest BCUT2D eigenvalue weighted by atomic mass is 14.6. The van der Waals surface area contributed by atoms with Crippen LogP contribution < -0.4 is 0 Å². The zero-order valence-electron chi connectivity index (χ0n) is 16.8. The highest BCUT2D eigenvalue weighted by Crippen LogP contribution is 2.62. The van der Waals surface area contributed by atoms with Crippen molar-refractivity contribution in [3.8, 4) is 0 Å². The Morgan fingerprint density at radius 2 is 0.760 bits per heavy atom. The Balaban J connectivity index is 1.15. The van der Waals surface area contributed by atoms with Crippen molar-refractivity contribution < 1.29 is 0 Å². The lowest BCUT2D eigenvalue weighted by molar-refractivity contribution is -0.0747. The highest BCUT2D eigenvalue weighted by Gasteiger charge is 2.52. The van der Waals surface area contributed by atoms with E-state index >= 15 is 0 Å². The quantitative estimate of drug-likeness (QED) is 0.520. The van der Waals surface area contributed by atoms with Gasteiger partial charge < -0.3 is 0 Å². The molecule has 8 saturated carbocycles. The summed E-state index contributed by atoms with van der Waals surface area (Å²) in [6.07, 6.45) is 19.3. The van der Waals surface area contributed by atoms with Crippen molar-refractivity contribution in [2.75, 3.05) is 0 Å². The largest absolute Gasteiger partial charge is 0.0599 e. The second-order valence-corrected chi connectivity index (χ2v) is 12.8. The van der Waals surface area contributed by atoms with E-state index in [0.717, 1.165) is 59.2 Å². The minimum absolute atomic E-state index is 0.611. The van der Waals surface area contributed by atoms with Crippen molar-refractivity contribution in [1.82, 2.24) is 0 Å². The second-order valence-electron chi connectivity index (χ2n) is 12.8. The van der Waals surface area contributed by atoms with Crippen LogP contribution in [0.3, 0.4) is 0 Å². The second kappa shape index (κ2) is 5.51. The van der Waals surface area contributed by atoms with Crippen molar-refractivity contribution in [3.63, 3.8) is 0 Å². The van der Waals surface area contributed by atoms with Gasteiger partial charge in [-0.3, -0.25) is 0 Å². The van der Waals surface area contributed by atoms with Crippen LogP contribution in [0.1, 0.15) is 90.9 Å². The van der Waals surface area contributed by atoms with Gasteiger partial charge in [0.25, 0.3) is 0 Å². The van der Waals surface area contributed by atoms with E-state index in [4.69, 9.17) is 0 Å². The molecule has 0 heteroatoms. The van der Waals surface area contributed by atoms with E-state index in [1.165, 1.54) is 0 Å². The predicted molar refractivity (Wildman–Crippen MR) is 104 cm³/mol. The van der Waals surface area contributed by atoms with Gasteiger partial charge in [0.1, 0.15) is 0 Å². The lowest BCUT2D eigenvalue weighted by Gasteiger charge is -2.58. The minimum Gasteiger partial charge on any atom is -0.0599 e. The third-order valence-electron chi connectivity index (χ3n) is 10.4. The Morgan fingerprint density at radius 3 is 1.04 bits per heavy atom. The van der Waals surface area contributed by atoms with Gasteiger partial charge in [-0.25, -0.2) is 0 Å². The van der Waals surface area contributed by atoms with Gasteiger partial charge in [-0.05, 0) is 142 Å². The summed E-state index contributed by atoms with van der Waals surface area (Å²) in [4.78, 5) is 0. The molecule has 0 N–H and O–H groups in total. The van der Waals surface area contributed by atoms with Gasteiger partial charge in [-0.15, -0.1) is 0 Å². The lowest BCUT2D eigenvalue weighted by atomic mass is 9.48. The van der Waals surface area contributed by atoms with E-state index in [2.05, 4.69) is 13.8 Å². The zero-order chi connectivity index (χ0) is 16.8. The summed E-state index contributed by atoms with van der Waals surface area (Å²) in [6.45, 7) is 5.34. The van der Waals surface area contributed by atoms with Gasteiger partial charge in [-0.2, -0.15) is 0 Å². The molecule has 0 radical (unpaired) electrons. The van der Waals surface area contributed by atoms with Crippen molar-refractivity contribution in [3.05, 3.63) is 0 Å². The molecule has 0 aliphatic heterocycles. The fourth-order valence-electron chi connectivity index (χ4n) is 10.1. The molecule has 140 valence electrons. The number of rotatable bonds is 4. The van der Waals surface area contributed by atoms with E-state index in [0.29, 0.717) is 5.41 Å². The summed E-state index contributed by atoms with van der Waals surface area (Å²) < 4.78 is 0. The summed E-state index contributed by atoms with van der Waals surface area (Å²) >= 11 is 0. The number of hydrogen-bond acceptors (Lipinski definition) is 0. The first kappa shape index (κ1) is 16.0. The molecule has 8 fully saturated rings. The van der Waals surface area contributed by atoms with Crippen LogP contribution in [0.5, 0.6) is 0 Å². The Kier molecular flexibility index (Phi) is 3.53. The molecule has 0 aromatic rings. The van der Waals surface area contributed by atoms with Crippen LogP contribution in [0, 0.1) is 64.6 Å². The fraction of sp³-hybridized carbons (Fsp3) is 1.00. The van der Waals surface area contributed by atoms with E-state index < -0.39 is 0 Å². The Bertz CT molecular complexity index is 426. The fourth-order valence-corrected chi connectivity index (χ4v) is 10.1. The summed E-state index contributed by atoms with van der Waals surface area (Å²) in [7, 11) is 0. The highest BCUT2D eigenvalue weighted by molar-refractivity contribution is 5.02.